The molecule has 7 nitrogen and oxygen atoms in total. The van der Waals surface area contributed by atoms with Gasteiger partial charge in [-0.25, -0.2) is 4.39 Å². The molecule has 164 valence electrons. The van der Waals surface area contributed by atoms with Gasteiger partial charge in [0.15, 0.2) is 0 Å². The lowest BCUT2D eigenvalue weighted by Crippen LogP contribution is -2.49. The second kappa shape index (κ2) is 8.64. The fraction of sp³-hybridized carbons (Fsp3) is 0.391. The Kier molecular flexibility index (Phi) is 5.93. The summed E-state index contributed by atoms with van der Waals surface area (Å²) in [5.74, 6) is -0.386. The minimum absolute atomic E-state index is 0.349. The molecule has 1 saturated heterocycles. The van der Waals surface area contributed by atoms with Gasteiger partial charge in [0.2, 0.25) is 0 Å². The SMILES string of the molecule is COc1c(C)cnc(CN2CCN(C(C(=O)O)c3c[nH]c4cc(F)ccc34)CC2)c1C. The first-order valence-corrected chi connectivity index (χ1v) is 10.3. The molecule has 4 rings (SSSR count). The van der Waals surface area contributed by atoms with E-state index < -0.39 is 12.0 Å². The number of hydrogen-bond acceptors (Lipinski definition) is 5. The number of ether oxygens (including phenoxy) is 1. The number of carboxylic acids is 1. The molecule has 0 amide bonds. The number of fused-ring (bicyclic) bond motifs is 1. The zero-order valence-electron chi connectivity index (χ0n) is 18.0. The van der Waals surface area contributed by atoms with Crippen molar-refractivity contribution in [2.45, 2.75) is 26.4 Å². The Morgan fingerprint density at radius 1 is 1.29 bits per heavy atom. The summed E-state index contributed by atoms with van der Waals surface area (Å²) < 4.78 is 19.0. The lowest BCUT2D eigenvalue weighted by molar-refractivity contribution is -0.144. The van der Waals surface area contributed by atoms with Crippen molar-refractivity contribution in [3.05, 3.63) is 58.8 Å². The third kappa shape index (κ3) is 4.13. The molecule has 2 aromatic heterocycles. The van der Waals surface area contributed by atoms with Crippen LogP contribution in [0.15, 0.2) is 30.6 Å². The molecule has 1 fully saturated rings. The molecule has 1 aromatic carbocycles. The van der Waals surface area contributed by atoms with Crippen molar-refractivity contribution in [2.75, 3.05) is 33.3 Å². The average molecular weight is 426 g/mol. The van der Waals surface area contributed by atoms with Gasteiger partial charge in [0.05, 0.1) is 12.8 Å². The topological polar surface area (TPSA) is 81.7 Å². The van der Waals surface area contributed by atoms with Crippen LogP contribution in [0.3, 0.4) is 0 Å². The number of benzene rings is 1. The van der Waals surface area contributed by atoms with Crippen molar-refractivity contribution in [1.82, 2.24) is 19.8 Å². The van der Waals surface area contributed by atoms with E-state index in [0.717, 1.165) is 41.0 Å². The number of halogens is 1. The first kappa shape index (κ1) is 21.3. The maximum absolute atomic E-state index is 13.5. The fourth-order valence-electron chi connectivity index (χ4n) is 4.45. The van der Waals surface area contributed by atoms with Gasteiger partial charge in [-0.3, -0.25) is 19.6 Å². The van der Waals surface area contributed by atoms with Crippen molar-refractivity contribution in [1.29, 1.82) is 0 Å². The molecule has 1 aliphatic heterocycles. The molecule has 1 unspecified atom stereocenters. The maximum atomic E-state index is 13.5. The van der Waals surface area contributed by atoms with Gasteiger partial charge in [-0.2, -0.15) is 0 Å². The summed E-state index contributed by atoms with van der Waals surface area (Å²) >= 11 is 0. The number of aromatic amines is 1. The summed E-state index contributed by atoms with van der Waals surface area (Å²) in [5, 5.41) is 10.7. The lowest BCUT2D eigenvalue weighted by atomic mass is 10.0. The predicted octanol–water partition coefficient (Wildman–Crippen LogP) is 3.27. The van der Waals surface area contributed by atoms with Crippen molar-refractivity contribution in [3.63, 3.8) is 0 Å². The van der Waals surface area contributed by atoms with E-state index in [4.69, 9.17) is 4.74 Å². The molecular weight excluding hydrogens is 399 g/mol. The van der Waals surface area contributed by atoms with Crippen molar-refractivity contribution < 1.29 is 19.0 Å². The summed E-state index contributed by atoms with van der Waals surface area (Å²) in [7, 11) is 1.67. The lowest BCUT2D eigenvalue weighted by Gasteiger charge is -2.37. The van der Waals surface area contributed by atoms with Gasteiger partial charge < -0.3 is 14.8 Å². The van der Waals surface area contributed by atoms with Gasteiger partial charge in [0, 0.05) is 72.7 Å². The number of aromatic nitrogens is 2. The Labute approximate surface area is 180 Å². The minimum atomic E-state index is -0.903. The van der Waals surface area contributed by atoms with Crippen LogP contribution in [-0.2, 0) is 11.3 Å². The smallest absolute Gasteiger partial charge is 0.325 e. The molecule has 1 aliphatic rings. The third-order valence-corrected chi connectivity index (χ3v) is 6.10. The van der Waals surface area contributed by atoms with Crippen LogP contribution in [0.4, 0.5) is 4.39 Å². The van der Waals surface area contributed by atoms with Gasteiger partial charge >= 0.3 is 5.97 Å². The highest BCUT2D eigenvalue weighted by Gasteiger charge is 2.32. The second-order valence-electron chi connectivity index (χ2n) is 8.03. The Bertz CT molecular complexity index is 1110. The predicted molar refractivity (Wildman–Crippen MR) is 116 cm³/mol. The molecule has 0 radical (unpaired) electrons. The van der Waals surface area contributed by atoms with Crippen LogP contribution in [0.2, 0.25) is 0 Å². The van der Waals surface area contributed by atoms with Crippen molar-refractivity contribution in [3.8, 4) is 5.75 Å². The quantitative estimate of drug-likeness (QED) is 0.630. The molecule has 0 spiro atoms. The third-order valence-electron chi connectivity index (χ3n) is 6.10. The first-order chi connectivity index (χ1) is 14.9. The molecule has 0 aliphatic carbocycles. The van der Waals surface area contributed by atoms with E-state index in [0.29, 0.717) is 30.7 Å². The summed E-state index contributed by atoms with van der Waals surface area (Å²) in [5.41, 5.74) is 4.30. The van der Waals surface area contributed by atoms with E-state index in [1.807, 2.05) is 24.9 Å². The highest BCUT2D eigenvalue weighted by atomic mass is 19.1. The monoisotopic (exact) mass is 426 g/mol. The number of aliphatic carboxylic acids is 1. The van der Waals surface area contributed by atoms with Crippen LogP contribution < -0.4 is 4.74 Å². The highest BCUT2D eigenvalue weighted by molar-refractivity contribution is 5.89. The maximum Gasteiger partial charge on any atom is 0.325 e. The number of aryl methyl sites for hydroxylation is 1. The average Bonchev–Trinajstić information content (AvgIpc) is 3.14. The largest absolute Gasteiger partial charge is 0.496 e. The molecule has 0 saturated carbocycles. The van der Waals surface area contributed by atoms with E-state index in [1.54, 1.807) is 19.4 Å². The summed E-state index contributed by atoms with van der Waals surface area (Å²) in [4.78, 5) is 24.0. The van der Waals surface area contributed by atoms with Crippen molar-refractivity contribution in [2.24, 2.45) is 0 Å². The van der Waals surface area contributed by atoms with Crippen LogP contribution in [0.5, 0.6) is 5.75 Å². The van der Waals surface area contributed by atoms with Crippen LogP contribution in [0.1, 0.15) is 28.4 Å². The summed E-state index contributed by atoms with van der Waals surface area (Å²) in [6, 6.07) is 3.62. The van der Waals surface area contributed by atoms with Crippen LogP contribution in [0.25, 0.3) is 10.9 Å². The minimum Gasteiger partial charge on any atom is -0.496 e. The van der Waals surface area contributed by atoms with E-state index in [2.05, 4.69) is 14.9 Å². The number of hydrogen-bond donors (Lipinski definition) is 2. The highest BCUT2D eigenvalue weighted by Crippen LogP contribution is 2.30. The number of carbonyl (C=O) groups is 1. The number of nitrogens with one attached hydrogen (secondary N) is 1. The van der Waals surface area contributed by atoms with Crippen LogP contribution in [0, 0.1) is 19.7 Å². The number of carboxylic acid groups (broad SMARTS) is 1. The number of methoxy groups -OCH3 is 1. The Morgan fingerprint density at radius 3 is 2.71 bits per heavy atom. The van der Waals surface area contributed by atoms with E-state index >= 15 is 0 Å². The molecule has 31 heavy (non-hydrogen) atoms. The number of H-pyrrole nitrogens is 1. The van der Waals surface area contributed by atoms with E-state index in [-0.39, 0.29) is 5.82 Å². The zero-order valence-corrected chi connectivity index (χ0v) is 18.0. The zero-order chi connectivity index (χ0) is 22.1. The van der Waals surface area contributed by atoms with Gasteiger partial charge in [0.1, 0.15) is 17.6 Å². The fourth-order valence-corrected chi connectivity index (χ4v) is 4.45. The molecule has 2 N–H and O–H groups in total. The second-order valence-corrected chi connectivity index (χ2v) is 8.03. The molecule has 0 bridgehead atoms. The molecular formula is C23H27FN4O3. The van der Waals surface area contributed by atoms with E-state index in [9.17, 15) is 14.3 Å². The van der Waals surface area contributed by atoms with Gasteiger partial charge in [-0.05, 0) is 32.0 Å². The Morgan fingerprint density at radius 2 is 2.03 bits per heavy atom. The number of nitrogens with zero attached hydrogens (tertiary/aromatic N) is 3. The molecule has 1 atom stereocenters. The number of piperazine rings is 1. The van der Waals surface area contributed by atoms with Crippen molar-refractivity contribution >= 4 is 16.9 Å². The van der Waals surface area contributed by atoms with Crippen LogP contribution in [-0.4, -0.2) is 64.1 Å². The van der Waals surface area contributed by atoms with Gasteiger partial charge in [-0.1, -0.05) is 0 Å². The van der Waals surface area contributed by atoms with Gasteiger partial charge in [-0.15, -0.1) is 0 Å². The summed E-state index contributed by atoms with van der Waals surface area (Å²) in [6.07, 6.45) is 3.51. The Balaban J connectivity index is 1.48. The number of pyridine rings is 1. The normalized spacial score (nSPS) is 16.5. The molecule has 3 heterocycles. The standard InChI is InChI=1S/C23H27FN4O3/c1-14-11-25-20(15(2)22(14)31-3)13-27-6-8-28(9-7-27)21(23(29)30)18-12-26-19-10-16(24)4-5-17(18)19/h4-5,10-12,21,26H,6-9,13H2,1-3H3,(H,29,30). The first-order valence-electron chi connectivity index (χ1n) is 10.3. The van der Waals surface area contributed by atoms with Gasteiger partial charge in [0.25, 0.3) is 0 Å². The van der Waals surface area contributed by atoms with Crippen LogP contribution >= 0.6 is 0 Å². The Hall–Kier alpha value is -2.97. The number of rotatable bonds is 6. The molecule has 8 heteroatoms. The van der Waals surface area contributed by atoms with E-state index in [1.165, 1.54) is 12.1 Å². The summed E-state index contributed by atoms with van der Waals surface area (Å²) in [6.45, 7) is 7.40. The molecule has 3 aromatic rings.